The third kappa shape index (κ3) is 3.64. The van der Waals surface area contributed by atoms with Crippen LogP contribution in [0.4, 0.5) is 5.69 Å². The van der Waals surface area contributed by atoms with Crippen LogP contribution in [0.15, 0.2) is 84.9 Å². The number of carbonyl (C=O) groups is 1. The smallest absolute Gasteiger partial charge is 0.241 e. The molecule has 1 aliphatic rings. The van der Waals surface area contributed by atoms with Crippen LogP contribution >= 0.6 is 0 Å². The summed E-state index contributed by atoms with van der Waals surface area (Å²) >= 11 is 0. The molecule has 0 bridgehead atoms. The van der Waals surface area contributed by atoms with Crippen LogP contribution in [-0.4, -0.2) is 18.5 Å². The van der Waals surface area contributed by atoms with Crippen LogP contribution in [0.1, 0.15) is 29.7 Å². The number of nitrogens with one attached hydrogen (secondary N) is 1. The van der Waals surface area contributed by atoms with Crippen molar-refractivity contribution in [1.82, 2.24) is 5.32 Å². The predicted molar refractivity (Wildman–Crippen MR) is 110 cm³/mol. The Balaban J connectivity index is 1.54. The van der Waals surface area contributed by atoms with Crippen molar-refractivity contribution in [2.24, 2.45) is 0 Å². The molecule has 0 saturated heterocycles. The summed E-state index contributed by atoms with van der Waals surface area (Å²) in [6, 6.07) is 29.0. The largest absolute Gasteiger partial charge is 0.308 e. The average Bonchev–Trinajstić information content (AvgIpc) is 3.05. The number of amides is 1. The van der Waals surface area contributed by atoms with Gasteiger partial charge in [0.2, 0.25) is 5.91 Å². The van der Waals surface area contributed by atoms with Crippen LogP contribution in [0.3, 0.4) is 0 Å². The van der Waals surface area contributed by atoms with Gasteiger partial charge >= 0.3 is 0 Å². The lowest BCUT2D eigenvalue weighted by Crippen LogP contribution is -2.42. The maximum atomic E-state index is 13.0. The molecule has 1 amide bonds. The molecule has 3 aromatic carbocycles. The number of rotatable bonds is 5. The normalized spacial score (nSPS) is 15.8. The van der Waals surface area contributed by atoms with Gasteiger partial charge in [0.15, 0.2) is 0 Å². The van der Waals surface area contributed by atoms with E-state index in [2.05, 4.69) is 42.6 Å². The number of carbonyl (C=O) groups excluding carboxylic acids is 1. The molecular weight excluding hydrogens is 332 g/mol. The van der Waals surface area contributed by atoms with Crippen LogP contribution in [0, 0.1) is 0 Å². The van der Waals surface area contributed by atoms with Crippen molar-refractivity contribution in [1.29, 1.82) is 0 Å². The average molecular weight is 356 g/mol. The monoisotopic (exact) mass is 356 g/mol. The summed E-state index contributed by atoms with van der Waals surface area (Å²) in [5.41, 5.74) is 4.62. The van der Waals surface area contributed by atoms with Gasteiger partial charge in [-0.25, -0.2) is 0 Å². The maximum absolute atomic E-state index is 13.0. The first-order valence-electron chi connectivity index (χ1n) is 9.47. The Kier molecular flexibility index (Phi) is 5.03. The second kappa shape index (κ2) is 7.77. The summed E-state index contributed by atoms with van der Waals surface area (Å²) in [5.74, 6) is 0.115. The van der Waals surface area contributed by atoms with Gasteiger partial charge in [-0.3, -0.25) is 10.1 Å². The summed E-state index contributed by atoms with van der Waals surface area (Å²) in [7, 11) is 0. The summed E-state index contributed by atoms with van der Waals surface area (Å²) in [6.45, 7) is 2.41. The molecule has 3 nitrogen and oxygen atoms in total. The van der Waals surface area contributed by atoms with Crippen molar-refractivity contribution >= 4 is 11.6 Å². The zero-order chi connectivity index (χ0) is 18.6. The lowest BCUT2D eigenvalue weighted by Gasteiger charge is -2.25. The van der Waals surface area contributed by atoms with E-state index in [4.69, 9.17) is 0 Å². The molecule has 0 unspecified atom stereocenters. The van der Waals surface area contributed by atoms with E-state index in [1.54, 1.807) is 0 Å². The summed E-state index contributed by atoms with van der Waals surface area (Å²) < 4.78 is 0. The molecule has 3 aromatic rings. The topological polar surface area (TPSA) is 32.3 Å². The number of benzene rings is 3. The molecule has 0 fully saturated rings. The molecule has 4 rings (SSSR count). The molecule has 136 valence electrons. The van der Waals surface area contributed by atoms with E-state index in [9.17, 15) is 4.79 Å². The van der Waals surface area contributed by atoms with E-state index in [1.165, 1.54) is 5.56 Å². The van der Waals surface area contributed by atoms with Crippen molar-refractivity contribution in [3.8, 4) is 0 Å². The Labute approximate surface area is 160 Å². The maximum Gasteiger partial charge on any atom is 0.241 e. The quantitative estimate of drug-likeness (QED) is 0.737. The van der Waals surface area contributed by atoms with Gasteiger partial charge in [-0.1, -0.05) is 78.9 Å². The minimum atomic E-state index is -0.00972. The van der Waals surface area contributed by atoms with Crippen molar-refractivity contribution in [2.75, 3.05) is 11.4 Å². The minimum absolute atomic E-state index is 0.00972. The van der Waals surface area contributed by atoms with Gasteiger partial charge in [-0.15, -0.1) is 0 Å². The SMILES string of the molecule is C[C@H]1Cc2ccccc2N1C(=O)CNC(c1ccccc1)c1ccccc1. The van der Waals surface area contributed by atoms with E-state index in [1.807, 2.05) is 59.5 Å². The van der Waals surface area contributed by atoms with E-state index >= 15 is 0 Å². The van der Waals surface area contributed by atoms with Crippen LogP contribution in [0.5, 0.6) is 0 Å². The summed E-state index contributed by atoms with van der Waals surface area (Å²) in [4.78, 5) is 15.0. The Morgan fingerprint density at radius 2 is 1.48 bits per heavy atom. The Morgan fingerprint density at radius 1 is 0.926 bits per heavy atom. The third-order valence-electron chi connectivity index (χ3n) is 5.20. The second-order valence-electron chi connectivity index (χ2n) is 7.08. The molecule has 1 N–H and O–H groups in total. The highest BCUT2D eigenvalue weighted by Crippen LogP contribution is 2.32. The second-order valence-corrected chi connectivity index (χ2v) is 7.08. The first-order valence-corrected chi connectivity index (χ1v) is 9.47. The van der Waals surface area contributed by atoms with Gasteiger partial charge in [0, 0.05) is 11.7 Å². The number of hydrogen-bond donors (Lipinski definition) is 1. The third-order valence-corrected chi connectivity index (χ3v) is 5.20. The number of anilines is 1. The molecule has 27 heavy (non-hydrogen) atoms. The lowest BCUT2D eigenvalue weighted by molar-refractivity contribution is -0.118. The zero-order valence-electron chi connectivity index (χ0n) is 15.5. The van der Waals surface area contributed by atoms with Crippen molar-refractivity contribution in [3.63, 3.8) is 0 Å². The molecule has 0 saturated carbocycles. The molecule has 0 aliphatic carbocycles. The van der Waals surface area contributed by atoms with Crippen molar-refractivity contribution in [2.45, 2.75) is 25.4 Å². The highest BCUT2D eigenvalue weighted by Gasteiger charge is 2.30. The van der Waals surface area contributed by atoms with Gasteiger partial charge in [-0.05, 0) is 36.1 Å². The first kappa shape index (κ1) is 17.5. The molecule has 1 aliphatic heterocycles. The van der Waals surface area contributed by atoms with Crippen LogP contribution in [-0.2, 0) is 11.2 Å². The van der Waals surface area contributed by atoms with Crippen LogP contribution < -0.4 is 10.2 Å². The van der Waals surface area contributed by atoms with Gasteiger partial charge < -0.3 is 4.90 Å². The molecule has 3 heteroatoms. The lowest BCUT2D eigenvalue weighted by atomic mass is 9.99. The fraction of sp³-hybridized carbons (Fsp3) is 0.208. The molecule has 1 heterocycles. The van der Waals surface area contributed by atoms with E-state index in [0.29, 0.717) is 6.54 Å². The van der Waals surface area contributed by atoms with Gasteiger partial charge in [0.05, 0.1) is 12.6 Å². The predicted octanol–water partition coefficient (Wildman–Crippen LogP) is 4.34. The van der Waals surface area contributed by atoms with E-state index < -0.39 is 0 Å². The first-order chi connectivity index (χ1) is 13.2. The highest BCUT2D eigenvalue weighted by atomic mass is 16.2. The number of hydrogen-bond acceptors (Lipinski definition) is 2. The summed E-state index contributed by atoms with van der Waals surface area (Å²) in [5, 5.41) is 3.49. The summed E-state index contributed by atoms with van der Waals surface area (Å²) in [6.07, 6.45) is 0.919. The number of fused-ring (bicyclic) bond motifs is 1. The van der Waals surface area contributed by atoms with Gasteiger partial charge in [0.1, 0.15) is 0 Å². The standard InChI is InChI=1S/C24H24N2O/c1-18-16-21-14-8-9-15-22(21)26(18)23(27)17-25-24(19-10-4-2-5-11-19)20-12-6-3-7-13-20/h2-15,18,24-25H,16-17H2,1H3/t18-/m0/s1. The molecule has 0 aromatic heterocycles. The Hall–Kier alpha value is -2.91. The van der Waals surface area contributed by atoms with E-state index in [0.717, 1.165) is 23.2 Å². The number of para-hydroxylation sites is 1. The fourth-order valence-electron chi connectivity index (χ4n) is 3.94. The molecule has 1 atom stereocenters. The van der Waals surface area contributed by atoms with Crippen molar-refractivity contribution in [3.05, 3.63) is 102 Å². The van der Waals surface area contributed by atoms with Gasteiger partial charge in [-0.2, -0.15) is 0 Å². The fourth-order valence-corrected chi connectivity index (χ4v) is 3.94. The molecule has 0 spiro atoms. The molecule has 0 radical (unpaired) electrons. The van der Waals surface area contributed by atoms with Crippen LogP contribution in [0.2, 0.25) is 0 Å². The van der Waals surface area contributed by atoms with Gasteiger partial charge in [0.25, 0.3) is 0 Å². The Morgan fingerprint density at radius 3 is 2.11 bits per heavy atom. The minimum Gasteiger partial charge on any atom is -0.308 e. The van der Waals surface area contributed by atoms with Crippen molar-refractivity contribution < 1.29 is 4.79 Å². The Bertz CT molecular complexity index is 868. The number of nitrogens with zero attached hydrogens (tertiary/aromatic N) is 1. The highest BCUT2D eigenvalue weighted by molar-refractivity contribution is 5.97. The van der Waals surface area contributed by atoms with E-state index in [-0.39, 0.29) is 18.0 Å². The zero-order valence-corrected chi connectivity index (χ0v) is 15.5. The molecular formula is C24H24N2O. The van der Waals surface area contributed by atoms with Crippen LogP contribution in [0.25, 0.3) is 0 Å².